The summed E-state index contributed by atoms with van der Waals surface area (Å²) in [5.41, 5.74) is -0.521. The zero-order chi connectivity index (χ0) is 8.85. The van der Waals surface area contributed by atoms with E-state index in [2.05, 4.69) is 4.99 Å². The van der Waals surface area contributed by atoms with Gasteiger partial charge in [0.15, 0.2) is 5.70 Å². The Labute approximate surface area is 64.3 Å². The number of hydrogen-bond donors (Lipinski definition) is 1. The van der Waals surface area contributed by atoms with E-state index in [4.69, 9.17) is 5.11 Å². The van der Waals surface area contributed by atoms with Gasteiger partial charge in [0, 0.05) is 6.21 Å². The number of carboxylic acids is 1. The summed E-state index contributed by atoms with van der Waals surface area (Å²) in [5.74, 6) is -2.11. The molecule has 62 valence electrons. The predicted molar refractivity (Wildman–Crippen MR) is 40.2 cm³/mol. The number of carbonyl (C=O) groups is 1. The Hall–Kier alpha value is -1.19. The molecule has 0 atom stereocenters. The van der Waals surface area contributed by atoms with Gasteiger partial charge in [0.2, 0.25) is 0 Å². The molecule has 0 aromatic carbocycles. The second-order valence-corrected chi connectivity index (χ2v) is 1.91. The van der Waals surface area contributed by atoms with Crippen LogP contribution >= 0.6 is 0 Å². The van der Waals surface area contributed by atoms with Gasteiger partial charge in [-0.1, -0.05) is 6.92 Å². The number of carboxylic acid groups (broad SMARTS) is 1. The van der Waals surface area contributed by atoms with E-state index < -0.39 is 17.5 Å². The van der Waals surface area contributed by atoms with Crippen molar-refractivity contribution in [3.63, 3.8) is 0 Å². The average Bonchev–Trinajstić information content (AvgIpc) is 1.87. The number of allylic oxidation sites excluding steroid dienone is 1. The average molecular weight is 159 g/mol. The summed E-state index contributed by atoms with van der Waals surface area (Å²) in [7, 11) is 0. The van der Waals surface area contributed by atoms with Crippen LogP contribution in [0, 0.1) is 0 Å². The van der Waals surface area contributed by atoms with Crippen molar-refractivity contribution in [2.24, 2.45) is 4.99 Å². The van der Waals surface area contributed by atoms with Gasteiger partial charge in [0.25, 0.3) is 0 Å². The van der Waals surface area contributed by atoms with Crippen molar-refractivity contribution in [3.05, 3.63) is 11.5 Å². The fourth-order valence-corrected chi connectivity index (χ4v) is 0.474. The highest BCUT2D eigenvalue weighted by Gasteiger charge is 2.08. The van der Waals surface area contributed by atoms with E-state index in [1.165, 1.54) is 6.21 Å². The van der Waals surface area contributed by atoms with Gasteiger partial charge in [-0.15, -0.1) is 0 Å². The van der Waals surface area contributed by atoms with Crippen LogP contribution in [-0.4, -0.2) is 17.3 Å². The molecule has 3 nitrogen and oxygen atoms in total. The molecule has 0 unspecified atom stereocenters. The first-order valence-corrected chi connectivity index (χ1v) is 3.21. The molecule has 0 heterocycles. The number of halogens is 1. The molecule has 0 rings (SSSR count). The van der Waals surface area contributed by atoms with E-state index in [-0.39, 0.29) is 0 Å². The van der Waals surface area contributed by atoms with Crippen LogP contribution in [0.15, 0.2) is 16.5 Å². The molecule has 0 aliphatic rings. The first kappa shape index (κ1) is 9.81. The molecule has 11 heavy (non-hydrogen) atoms. The Morgan fingerprint density at radius 3 is 2.55 bits per heavy atom. The molecule has 1 N–H and O–H groups in total. The van der Waals surface area contributed by atoms with E-state index in [1.54, 1.807) is 6.92 Å². The fourth-order valence-electron chi connectivity index (χ4n) is 0.474. The maximum Gasteiger partial charge on any atom is 0.357 e. The number of aliphatic imine (C=N–C) groups is 1. The first-order valence-electron chi connectivity index (χ1n) is 3.21. The normalized spacial score (nSPS) is 13.4. The summed E-state index contributed by atoms with van der Waals surface area (Å²) in [6.07, 6.45) is 1.94. The van der Waals surface area contributed by atoms with Gasteiger partial charge in [0.05, 0.1) is 0 Å². The van der Waals surface area contributed by atoms with Gasteiger partial charge in [-0.05, 0) is 13.3 Å². The SMILES string of the molecule is CCC=N/C(C(=O)O)=C(\C)F. The van der Waals surface area contributed by atoms with Crippen molar-refractivity contribution >= 4 is 12.2 Å². The van der Waals surface area contributed by atoms with Crippen LogP contribution < -0.4 is 0 Å². The lowest BCUT2D eigenvalue weighted by Crippen LogP contribution is -1.99. The predicted octanol–water partition coefficient (Wildman–Crippen LogP) is 1.75. The smallest absolute Gasteiger partial charge is 0.357 e. The van der Waals surface area contributed by atoms with Crippen molar-refractivity contribution < 1.29 is 14.3 Å². The van der Waals surface area contributed by atoms with Crippen LogP contribution in [0.2, 0.25) is 0 Å². The molecule has 0 amide bonds. The minimum Gasteiger partial charge on any atom is -0.476 e. The van der Waals surface area contributed by atoms with Crippen LogP contribution in [0.1, 0.15) is 20.3 Å². The van der Waals surface area contributed by atoms with E-state index >= 15 is 0 Å². The molecule has 0 aromatic rings. The number of aliphatic carboxylic acids is 1. The molecule has 0 aromatic heterocycles. The zero-order valence-electron chi connectivity index (χ0n) is 6.47. The van der Waals surface area contributed by atoms with E-state index in [0.29, 0.717) is 6.42 Å². The zero-order valence-corrected chi connectivity index (χ0v) is 6.47. The molecule has 0 spiro atoms. The molecule has 0 saturated carbocycles. The second-order valence-electron chi connectivity index (χ2n) is 1.91. The van der Waals surface area contributed by atoms with Crippen molar-refractivity contribution in [3.8, 4) is 0 Å². The van der Waals surface area contributed by atoms with Crippen LogP contribution in [0.3, 0.4) is 0 Å². The lowest BCUT2D eigenvalue weighted by atomic mass is 10.4. The quantitative estimate of drug-likeness (QED) is 0.503. The number of hydrogen-bond acceptors (Lipinski definition) is 2. The summed E-state index contributed by atoms with van der Waals surface area (Å²) in [6, 6.07) is 0. The summed E-state index contributed by atoms with van der Waals surface area (Å²) in [6.45, 7) is 2.85. The highest BCUT2D eigenvalue weighted by Crippen LogP contribution is 2.06. The second kappa shape index (κ2) is 4.60. The molecule has 0 radical (unpaired) electrons. The fraction of sp³-hybridized carbons (Fsp3) is 0.429. The van der Waals surface area contributed by atoms with Gasteiger partial charge < -0.3 is 5.11 Å². The highest BCUT2D eigenvalue weighted by molar-refractivity contribution is 5.88. The van der Waals surface area contributed by atoms with Crippen molar-refractivity contribution in [2.45, 2.75) is 20.3 Å². The molecular weight excluding hydrogens is 149 g/mol. The van der Waals surface area contributed by atoms with Crippen molar-refractivity contribution in [1.82, 2.24) is 0 Å². The van der Waals surface area contributed by atoms with Crippen molar-refractivity contribution in [1.29, 1.82) is 0 Å². The molecule has 0 aliphatic carbocycles. The molecule has 0 saturated heterocycles. The lowest BCUT2D eigenvalue weighted by Gasteiger charge is -1.92. The summed E-state index contributed by atoms with van der Waals surface area (Å²) in [4.78, 5) is 13.7. The Morgan fingerprint density at radius 2 is 2.27 bits per heavy atom. The number of nitrogens with zero attached hydrogens (tertiary/aromatic N) is 1. The molecule has 0 aliphatic heterocycles. The minimum absolute atomic E-state index is 0.521. The summed E-state index contributed by atoms with van der Waals surface area (Å²) >= 11 is 0. The Balaban J connectivity index is 4.51. The highest BCUT2D eigenvalue weighted by atomic mass is 19.1. The standard InChI is InChI=1S/C7H10FNO2/c1-3-4-9-6(5(2)8)7(10)11/h4H,3H2,1-2H3,(H,10,11)/b6-5+,9-4?. The minimum atomic E-state index is -1.34. The van der Waals surface area contributed by atoms with Crippen LogP contribution in [0.5, 0.6) is 0 Å². The maximum atomic E-state index is 12.3. The Bertz CT molecular complexity index is 204. The summed E-state index contributed by atoms with van der Waals surface area (Å²) < 4.78 is 12.3. The molecule has 0 bridgehead atoms. The topological polar surface area (TPSA) is 49.7 Å². The largest absolute Gasteiger partial charge is 0.476 e. The molecule has 4 heteroatoms. The summed E-state index contributed by atoms with van der Waals surface area (Å²) in [5, 5.41) is 8.36. The van der Waals surface area contributed by atoms with Gasteiger partial charge in [0.1, 0.15) is 5.83 Å². The van der Waals surface area contributed by atoms with Gasteiger partial charge in [-0.2, -0.15) is 0 Å². The maximum absolute atomic E-state index is 12.3. The molecular formula is C7H10FNO2. The van der Waals surface area contributed by atoms with Gasteiger partial charge in [-0.3, -0.25) is 4.99 Å². The number of rotatable bonds is 3. The third-order valence-electron chi connectivity index (χ3n) is 0.932. The van der Waals surface area contributed by atoms with E-state index in [9.17, 15) is 9.18 Å². The van der Waals surface area contributed by atoms with Crippen LogP contribution in [0.25, 0.3) is 0 Å². The van der Waals surface area contributed by atoms with Crippen LogP contribution in [0.4, 0.5) is 4.39 Å². The third-order valence-corrected chi connectivity index (χ3v) is 0.932. The monoisotopic (exact) mass is 159 g/mol. The Morgan fingerprint density at radius 1 is 1.73 bits per heavy atom. The van der Waals surface area contributed by atoms with Crippen molar-refractivity contribution in [2.75, 3.05) is 0 Å². The Kier molecular flexibility index (Phi) is 4.10. The van der Waals surface area contributed by atoms with E-state index in [0.717, 1.165) is 6.92 Å². The first-order chi connectivity index (χ1) is 5.09. The lowest BCUT2D eigenvalue weighted by molar-refractivity contribution is -0.132. The van der Waals surface area contributed by atoms with Gasteiger partial charge >= 0.3 is 5.97 Å². The van der Waals surface area contributed by atoms with Crippen LogP contribution in [-0.2, 0) is 4.79 Å². The third kappa shape index (κ3) is 3.50. The van der Waals surface area contributed by atoms with Gasteiger partial charge in [-0.25, -0.2) is 9.18 Å². The van der Waals surface area contributed by atoms with E-state index in [1.807, 2.05) is 0 Å². The molecule has 0 fully saturated rings.